The van der Waals surface area contributed by atoms with Gasteiger partial charge in [0.05, 0.1) is 31.1 Å². The number of methoxy groups -OCH3 is 1. The van der Waals surface area contributed by atoms with Gasteiger partial charge in [0.2, 0.25) is 0 Å². The van der Waals surface area contributed by atoms with Crippen LogP contribution in [0.3, 0.4) is 0 Å². The SMILES string of the molecule is CCOC1=C(OC)CCC(C(CS(C)(=O)=O)N2Cc3cccc(NCC4CC4)c3C2=O)=C1. The fraction of sp³-hybridized carbons (Fsp3) is 0.542. The van der Waals surface area contributed by atoms with Crippen molar-refractivity contribution in [2.45, 2.75) is 45.2 Å². The highest BCUT2D eigenvalue weighted by Gasteiger charge is 2.38. The molecule has 1 N–H and O–H groups in total. The number of ether oxygens (including phenoxy) is 2. The number of nitrogens with zero attached hydrogens (tertiary/aromatic N) is 1. The number of allylic oxidation sites excluding steroid dienone is 2. The topological polar surface area (TPSA) is 84.9 Å². The Hall–Kier alpha value is -2.48. The van der Waals surface area contributed by atoms with Gasteiger partial charge in [-0.1, -0.05) is 12.1 Å². The lowest BCUT2D eigenvalue weighted by Crippen LogP contribution is -2.42. The number of anilines is 1. The van der Waals surface area contributed by atoms with E-state index in [-0.39, 0.29) is 11.7 Å². The average molecular weight is 461 g/mol. The summed E-state index contributed by atoms with van der Waals surface area (Å²) in [6, 6.07) is 5.30. The number of amides is 1. The Labute approximate surface area is 190 Å². The molecule has 174 valence electrons. The number of benzene rings is 1. The predicted molar refractivity (Wildman–Crippen MR) is 124 cm³/mol. The van der Waals surface area contributed by atoms with Crippen molar-refractivity contribution in [2.75, 3.05) is 37.6 Å². The lowest BCUT2D eigenvalue weighted by Gasteiger charge is -2.32. The third kappa shape index (κ3) is 4.95. The van der Waals surface area contributed by atoms with E-state index in [4.69, 9.17) is 9.47 Å². The second-order valence-electron chi connectivity index (χ2n) is 8.85. The number of carbonyl (C=O) groups excluding carboxylic acids is 1. The van der Waals surface area contributed by atoms with Crippen LogP contribution in [0.1, 0.15) is 48.5 Å². The van der Waals surface area contributed by atoms with Crippen LogP contribution in [-0.4, -0.2) is 57.5 Å². The number of fused-ring (bicyclic) bond motifs is 1. The minimum Gasteiger partial charge on any atom is -0.497 e. The Balaban J connectivity index is 1.66. The van der Waals surface area contributed by atoms with Gasteiger partial charge in [0.15, 0.2) is 5.76 Å². The van der Waals surface area contributed by atoms with Gasteiger partial charge in [-0.2, -0.15) is 0 Å². The first-order valence-corrected chi connectivity index (χ1v) is 13.3. The highest BCUT2D eigenvalue weighted by atomic mass is 32.2. The second-order valence-corrected chi connectivity index (χ2v) is 11.0. The Morgan fingerprint density at radius 1 is 1.25 bits per heavy atom. The van der Waals surface area contributed by atoms with E-state index >= 15 is 0 Å². The van der Waals surface area contributed by atoms with Gasteiger partial charge < -0.3 is 19.7 Å². The number of sulfone groups is 1. The Morgan fingerprint density at radius 2 is 2.03 bits per heavy atom. The second kappa shape index (κ2) is 9.17. The Morgan fingerprint density at radius 3 is 2.69 bits per heavy atom. The van der Waals surface area contributed by atoms with Gasteiger partial charge in [-0.3, -0.25) is 4.79 Å². The van der Waals surface area contributed by atoms with Gasteiger partial charge in [0.1, 0.15) is 15.6 Å². The molecule has 1 fully saturated rings. The average Bonchev–Trinajstić information content (AvgIpc) is 3.52. The maximum atomic E-state index is 13.6. The number of rotatable bonds is 10. The normalized spacial score (nSPS) is 19.5. The molecule has 1 atom stereocenters. The predicted octanol–water partition coefficient (Wildman–Crippen LogP) is 3.49. The Kier molecular flexibility index (Phi) is 6.51. The molecule has 0 bridgehead atoms. The number of carbonyl (C=O) groups is 1. The van der Waals surface area contributed by atoms with E-state index < -0.39 is 15.9 Å². The van der Waals surface area contributed by atoms with Gasteiger partial charge >= 0.3 is 0 Å². The molecule has 7 nitrogen and oxygen atoms in total. The third-order valence-electron chi connectivity index (χ3n) is 6.29. The van der Waals surface area contributed by atoms with Crippen molar-refractivity contribution in [2.24, 2.45) is 5.92 Å². The monoisotopic (exact) mass is 460 g/mol. The molecule has 1 saturated carbocycles. The Bertz CT molecular complexity index is 1060. The van der Waals surface area contributed by atoms with Crippen LogP contribution in [0.4, 0.5) is 5.69 Å². The summed E-state index contributed by atoms with van der Waals surface area (Å²) in [7, 11) is -1.72. The molecule has 1 heterocycles. The van der Waals surface area contributed by atoms with Crippen molar-refractivity contribution in [1.29, 1.82) is 0 Å². The maximum Gasteiger partial charge on any atom is 0.257 e. The summed E-state index contributed by atoms with van der Waals surface area (Å²) in [5, 5.41) is 3.44. The summed E-state index contributed by atoms with van der Waals surface area (Å²) < 4.78 is 35.9. The zero-order chi connectivity index (χ0) is 22.9. The molecule has 1 aromatic rings. The first kappa shape index (κ1) is 22.7. The number of hydrogen-bond acceptors (Lipinski definition) is 6. The molecule has 0 aromatic heterocycles. The van der Waals surface area contributed by atoms with Crippen LogP contribution in [0.15, 0.2) is 41.4 Å². The minimum absolute atomic E-state index is 0.118. The van der Waals surface area contributed by atoms with E-state index in [0.717, 1.165) is 29.1 Å². The van der Waals surface area contributed by atoms with Crippen molar-refractivity contribution < 1.29 is 22.7 Å². The lowest BCUT2D eigenvalue weighted by molar-refractivity contribution is 0.0739. The van der Waals surface area contributed by atoms with Crippen molar-refractivity contribution >= 4 is 21.4 Å². The molecule has 1 unspecified atom stereocenters. The van der Waals surface area contributed by atoms with Gasteiger partial charge in [-0.25, -0.2) is 8.42 Å². The summed E-state index contributed by atoms with van der Waals surface area (Å²) in [4.78, 5) is 15.3. The standard InChI is InChI=1S/C24H32N2O5S/c1-4-31-22-12-17(10-11-21(22)30-2)20(15-32(3,28)29)26-14-18-6-5-7-19(23(18)24(26)27)25-13-16-8-9-16/h5-7,12,16,20,25H,4,8-11,13-15H2,1-3H3. The zero-order valence-corrected chi connectivity index (χ0v) is 19.8. The zero-order valence-electron chi connectivity index (χ0n) is 19.0. The van der Waals surface area contributed by atoms with E-state index in [0.29, 0.717) is 43.2 Å². The molecule has 1 aliphatic heterocycles. The first-order valence-electron chi connectivity index (χ1n) is 11.3. The van der Waals surface area contributed by atoms with E-state index in [2.05, 4.69) is 5.32 Å². The molecule has 1 aromatic carbocycles. The molecule has 3 aliphatic rings. The summed E-state index contributed by atoms with van der Waals surface area (Å²) in [5.74, 6) is 1.81. The summed E-state index contributed by atoms with van der Waals surface area (Å²) in [6.07, 6.45) is 6.77. The molecular formula is C24H32N2O5S. The summed E-state index contributed by atoms with van der Waals surface area (Å²) in [6.45, 7) is 3.64. The van der Waals surface area contributed by atoms with Crippen molar-refractivity contribution in [3.05, 3.63) is 52.5 Å². The van der Waals surface area contributed by atoms with Gasteiger partial charge in [-0.05, 0) is 55.4 Å². The quantitative estimate of drug-likeness (QED) is 0.575. The molecule has 1 amide bonds. The molecule has 4 rings (SSSR count). The fourth-order valence-corrected chi connectivity index (χ4v) is 5.46. The lowest BCUT2D eigenvalue weighted by atomic mass is 9.95. The van der Waals surface area contributed by atoms with Crippen LogP contribution in [0.2, 0.25) is 0 Å². The molecule has 0 saturated heterocycles. The molecule has 2 aliphatic carbocycles. The van der Waals surface area contributed by atoms with Crippen LogP contribution < -0.4 is 5.32 Å². The van der Waals surface area contributed by atoms with E-state index in [9.17, 15) is 13.2 Å². The fourth-order valence-electron chi connectivity index (χ4n) is 4.49. The van der Waals surface area contributed by atoms with E-state index in [1.165, 1.54) is 19.1 Å². The van der Waals surface area contributed by atoms with Crippen LogP contribution in [0.5, 0.6) is 0 Å². The molecule has 8 heteroatoms. The van der Waals surface area contributed by atoms with Crippen LogP contribution in [0.25, 0.3) is 0 Å². The van der Waals surface area contributed by atoms with Crippen LogP contribution >= 0.6 is 0 Å². The number of nitrogens with one attached hydrogen (secondary N) is 1. The first-order chi connectivity index (χ1) is 15.3. The molecular weight excluding hydrogens is 428 g/mol. The van der Waals surface area contributed by atoms with Crippen molar-refractivity contribution in [3.63, 3.8) is 0 Å². The van der Waals surface area contributed by atoms with Crippen LogP contribution in [0, 0.1) is 5.92 Å². The highest BCUT2D eigenvalue weighted by Crippen LogP contribution is 2.37. The molecule has 0 spiro atoms. The van der Waals surface area contributed by atoms with Crippen LogP contribution in [-0.2, 0) is 25.9 Å². The van der Waals surface area contributed by atoms with Crippen molar-refractivity contribution in [1.82, 2.24) is 4.90 Å². The summed E-state index contributed by atoms with van der Waals surface area (Å²) >= 11 is 0. The van der Waals surface area contributed by atoms with E-state index in [1.807, 2.05) is 31.2 Å². The van der Waals surface area contributed by atoms with Gasteiger partial charge in [0.25, 0.3) is 5.91 Å². The van der Waals surface area contributed by atoms with Crippen molar-refractivity contribution in [3.8, 4) is 0 Å². The molecule has 0 radical (unpaired) electrons. The third-order valence-corrected chi connectivity index (χ3v) is 7.21. The van der Waals surface area contributed by atoms with Gasteiger partial charge in [0, 0.05) is 31.5 Å². The maximum absolute atomic E-state index is 13.6. The largest absolute Gasteiger partial charge is 0.497 e. The van der Waals surface area contributed by atoms with Gasteiger partial charge in [-0.15, -0.1) is 0 Å². The minimum atomic E-state index is -3.33. The molecule has 32 heavy (non-hydrogen) atoms. The number of hydrogen-bond donors (Lipinski definition) is 1. The van der Waals surface area contributed by atoms with E-state index in [1.54, 1.807) is 12.0 Å². The smallest absolute Gasteiger partial charge is 0.257 e. The highest BCUT2D eigenvalue weighted by molar-refractivity contribution is 7.90. The summed E-state index contributed by atoms with van der Waals surface area (Å²) in [5.41, 5.74) is 3.33.